The van der Waals surface area contributed by atoms with Crippen LogP contribution in [0.25, 0.3) is 0 Å². The Labute approximate surface area is 134 Å². The van der Waals surface area contributed by atoms with Gasteiger partial charge >= 0.3 is 12.0 Å². The van der Waals surface area contributed by atoms with E-state index in [0.717, 1.165) is 5.56 Å². The number of benzene rings is 1. The summed E-state index contributed by atoms with van der Waals surface area (Å²) >= 11 is 6.19. The molecule has 0 spiro atoms. The first-order chi connectivity index (χ1) is 10.2. The van der Waals surface area contributed by atoms with E-state index in [4.69, 9.17) is 16.3 Å². The number of ether oxygens (including phenoxy) is 1. The molecule has 118 valence electrons. The van der Waals surface area contributed by atoms with E-state index in [9.17, 15) is 9.59 Å². The van der Waals surface area contributed by atoms with Gasteiger partial charge in [0.25, 0.3) is 0 Å². The lowest BCUT2D eigenvalue weighted by molar-refractivity contribution is -0.150. The maximum atomic E-state index is 12.3. The third-order valence-electron chi connectivity index (χ3n) is 3.16. The Morgan fingerprint density at radius 3 is 2.50 bits per heavy atom. The van der Waals surface area contributed by atoms with Crippen molar-refractivity contribution in [2.24, 2.45) is 0 Å². The lowest BCUT2D eigenvalue weighted by Crippen LogP contribution is -2.46. The summed E-state index contributed by atoms with van der Waals surface area (Å²) in [5.41, 5.74) is 0.906. The van der Waals surface area contributed by atoms with E-state index < -0.39 is 23.6 Å². The molecule has 22 heavy (non-hydrogen) atoms. The van der Waals surface area contributed by atoms with Crippen molar-refractivity contribution in [3.05, 3.63) is 46.1 Å². The summed E-state index contributed by atoms with van der Waals surface area (Å²) in [6.07, 6.45) is 0. The molecule has 5 nitrogen and oxygen atoms in total. The molecule has 0 aliphatic carbocycles. The quantitative estimate of drug-likeness (QED) is 0.821. The predicted molar refractivity (Wildman–Crippen MR) is 84.4 cm³/mol. The van der Waals surface area contributed by atoms with Crippen molar-refractivity contribution in [3.63, 3.8) is 0 Å². The Hall–Kier alpha value is -2.01. The number of carbonyl (C=O) groups excluding carboxylic acids is 2. The van der Waals surface area contributed by atoms with Crippen LogP contribution in [0.2, 0.25) is 5.02 Å². The van der Waals surface area contributed by atoms with Gasteiger partial charge in [-0.2, -0.15) is 0 Å². The van der Waals surface area contributed by atoms with Gasteiger partial charge in [0.1, 0.15) is 11.3 Å². The minimum absolute atomic E-state index is 0.156. The first kappa shape index (κ1) is 16.4. The van der Waals surface area contributed by atoms with Gasteiger partial charge in [-0.3, -0.25) is 0 Å². The number of esters is 1. The smallest absolute Gasteiger partial charge is 0.355 e. The van der Waals surface area contributed by atoms with E-state index >= 15 is 0 Å². The first-order valence-electron chi connectivity index (χ1n) is 6.95. The van der Waals surface area contributed by atoms with Crippen molar-refractivity contribution in [2.75, 3.05) is 0 Å². The molecule has 2 rings (SSSR count). The Morgan fingerprint density at radius 2 is 1.91 bits per heavy atom. The van der Waals surface area contributed by atoms with E-state index in [-0.39, 0.29) is 5.70 Å². The molecule has 1 unspecified atom stereocenters. The summed E-state index contributed by atoms with van der Waals surface area (Å²) in [5, 5.41) is 5.82. The van der Waals surface area contributed by atoms with Crippen molar-refractivity contribution in [1.29, 1.82) is 0 Å². The fourth-order valence-corrected chi connectivity index (χ4v) is 2.44. The Bertz CT molecular complexity index is 647. The molecular formula is C16H19ClN2O3. The van der Waals surface area contributed by atoms with Gasteiger partial charge in [0.15, 0.2) is 0 Å². The molecule has 1 aliphatic rings. The van der Waals surface area contributed by atoms with Gasteiger partial charge in [0.2, 0.25) is 0 Å². The average Bonchev–Trinajstić information content (AvgIpc) is 2.40. The van der Waals surface area contributed by atoms with Crippen LogP contribution in [0.5, 0.6) is 0 Å². The average molecular weight is 323 g/mol. The summed E-state index contributed by atoms with van der Waals surface area (Å²) in [6.45, 7) is 7.08. The normalized spacial score (nSPS) is 18.6. The van der Waals surface area contributed by atoms with Crippen molar-refractivity contribution in [3.8, 4) is 0 Å². The van der Waals surface area contributed by atoms with Gasteiger partial charge < -0.3 is 15.4 Å². The van der Waals surface area contributed by atoms with Crippen LogP contribution in [0.1, 0.15) is 39.3 Å². The molecule has 6 heteroatoms. The number of halogens is 1. The zero-order valence-corrected chi connectivity index (χ0v) is 13.7. The van der Waals surface area contributed by atoms with E-state index in [1.54, 1.807) is 33.8 Å². The molecular weight excluding hydrogens is 304 g/mol. The highest BCUT2D eigenvalue weighted by atomic mass is 35.5. The topological polar surface area (TPSA) is 67.4 Å². The number of urea groups is 1. The van der Waals surface area contributed by atoms with Crippen LogP contribution < -0.4 is 10.6 Å². The van der Waals surface area contributed by atoms with Crippen LogP contribution in [0.15, 0.2) is 35.5 Å². The molecule has 0 saturated carbocycles. The van der Waals surface area contributed by atoms with Gasteiger partial charge in [-0.15, -0.1) is 0 Å². The molecule has 0 saturated heterocycles. The number of amides is 2. The first-order valence-corrected chi connectivity index (χ1v) is 7.33. The molecule has 1 aliphatic heterocycles. The summed E-state index contributed by atoms with van der Waals surface area (Å²) in [4.78, 5) is 24.2. The van der Waals surface area contributed by atoms with E-state index in [0.29, 0.717) is 10.6 Å². The van der Waals surface area contributed by atoms with Crippen molar-refractivity contribution < 1.29 is 14.3 Å². The molecule has 0 aromatic heterocycles. The second kappa shape index (κ2) is 6.01. The van der Waals surface area contributed by atoms with Gasteiger partial charge in [-0.1, -0.05) is 29.8 Å². The summed E-state index contributed by atoms with van der Waals surface area (Å²) < 4.78 is 5.34. The van der Waals surface area contributed by atoms with Crippen LogP contribution in [0.4, 0.5) is 4.79 Å². The second-order valence-electron chi connectivity index (χ2n) is 6.11. The fourth-order valence-electron chi connectivity index (χ4n) is 2.19. The molecule has 0 fully saturated rings. The zero-order valence-electron chi connectivity index (χ0n) is 13.0. The number of nitrogens with one attached hydrogen (secondary N) is 2. The summed E-state index contributed by atoms with van der Waals surface area (Å²) in [7, 11) is 0. The van der Waals surface area contributed by atoms with Crippen LogP contribution >= 0.6 is 11.6 Å². The molecule has 1 aromatic rings. The number of rotatable bonds is 2. The third-order valence-corrected chi connectivity index (χ3v) is 3.50. The second-order valence-corrected chi connectivity index (χ2v) is 6.52. The number of hydrogen-bond acceptors (Lipinski definition) is 3. The van der Waals surface area contributed by atoms with Crippen LogP contribution in [-0.4, -0.2) is 17.6 Å². The fraction of sp³-hybridized carbons (Fsp3) is 0.375. The van der Waals surface area contributed by atoms with Gasteiger partial charge in [0.05, 0.1) is 6.04 Å². The zero-order chi connectivity index (χ0) is 16.5. The van der Waals surface area contributed by atoms with E-state index in [2.05, 4.69) is 10.6 Å². The lowest BCUT2D eigenvalue weighted by Gasteiger charge is -2.29. The highest BCUT2D eigenvalue weighted by Gasteiger charge is 2.32. The van der Waals surface area contributed by atoms with Crippen molar-refractivity contribution in [1.82, 2.24) is 10.6 Å². The SMILES string of the molecule is CC1=C(C(=O)OC(C)(C)C)NC(=O)NC1c1ccccc1Cl. The van der Waals surface area contributed by atoms with Crippen LogP contribution in [0.3, 0.4) is 0 Å². The minimum Gasteiger partial charge on any atom is -0.455 e. The minimum atomic E-state index is -0.639. The van der Waals surface area contributed by atoms with Gasteiger partial charge in [-0.05, 0) is 44.9 Å². The monoisotopic (exact) mass is 322 g/mol. The van der Waals surface area contributed by atoms with Gasteiger partial charge in [-0.25, -0.2) is 9.59 Å². The molecule has 2 amide bonds. The standard InChI is InChI=1S/C16H19ClN2O3/c1-9-12(10-7-5-6-8-11(10)17)18-15(21)19-13(9)14(20)22-16(2,3)4/h5-8,12H,1-4H3,(H2,18,19,21). The number of carbonyl (C=O) groups is 2. The maximum Gasteiger partial charge on any atom is 0.355 e. The van der Waals surface area contributed by atoms with Gasteiger partial charge in [0, 0.05) is 5.02 Å². The highest BCUT2D eigenvalue weighted by Crippen LogP contribution is 2.31. The van der Waals surface area contributed by atoms with E-state index in [1.807, 2.05) is 18.2 Å². The van der Waals surface area contributed by atoms with Crippen LogP contribution in [-0.2, 0) is 9.53 Å². The Balaban J connectivity index is 2.41. The highest BCUT2D eigenvalue weighted by molar-refractivity contribution is 6.31. The molecule has 1 heterocycles. The maximum absolute atomic E-state index is 12.3. The van der Waals surface area contributed by atoms with E-state index in [1.165, 1.54) is 0 Å². The molecule has 2 N–H and O–H groups in total. The van der Waals surface area contributed by atoms with Crippen LogP contribution in [0, 0.1) is 0 Å². The Morgan fingerprint density at radius 1 is 1.27 bits per heavy atom. The molecule has 1 atom stereocenters. The molecule has 0 radical (unpaired) electrons. The predicted octanol–water partition coefficient (Wildman–Crippen LogP) is 3.31. The lowest BCUT2D eigenvalue weighted by atomic mass is 9.96. The largest absolute Gasteiger partial charge is 0.455 e. The Kier molecular flexibility index (Phi) is 4.47. The van der Waals surface area contributed by atoms with Crippen molar-refractivity contribution >= 4 is 23.6 Å². The number of hydrogen-bond donors (Lipinski definition) is 2. The molecule has 0 bridgehead atoms. The van der Waals surface area contributed by atoms with Crippen molar-refractivity contribution in [2.45, 2.75) is 39.3 Å². The molecule has 1 aromatic carbocycles. The summed E-state index contributed by atoms with van der Waals surface area (Å²) in [5.74, 6) is -0.558. The third kappa shape index (κ3) is 3.60. The summed E-state index contributed by atoms with van der Waals surface area (Å²) in [6, 6.07) is 6.26.